The molecule has 8 saturated heterocycles. The molecule has 0 aromatic carbocycles. The molecule has 8 heterocycles. The SMILES string of the molecule is CCC1OC(CC)C2C3OC(C4C(=O)OC(C)(C)C34)C12.CCC1OC(CC)C2C3OC(C4COC(=O)C43)C12. The molecule has 8 fully saturated rings. The van der Waals surface area contributed by atoms with Gasteiger partial charge in [-0.1, -0.05) is 27.7 Å². The molecule has 0 N–H and O–H groups in total. The lowest BCUT2D eigenvalue weighted by molar-refractivity contribution is -0.154. The van der Waals surface area contributed by atoms with Crippen LogP contribution in [0.15, 0.2) is 0 Å². The standard InChI is InChI=1S/C16H24O4.C14H20O4/c1-5-7-9-10(8(6-2)18-7)14-12-11(13(9)19-14)15(17)20-16(12,3)4;1-3-7-10-11(8(4-2)17-7)13-9-6(12(10)18-13)5-16-14(9)15/h7-14H,5-6H2,1-4H3;6-13H,3-5H2,1-2H3. The first-order valence-electron chi connectivity index (χ1n) is 15.3. The zero-order valence-corrected chi connectivity index (χ0v) is 23.5. The van der Waals surface area contributed by atoms with Crippen molar-refractivity contribution in [2.75, 3.05) is 6.61 Å². The number of ether oxygens (including phenoxy) is 6. The van der Waals surface area contributed by atoms with Crippen molar-refractivity contribution in [3.8, 4) is 0 Å². The number of fused-ring (bicyclic) bond motifs is 16. The minimum Gasteiger partial charge on any atom is -0.465 e. The maximum atomic E-state index is 12.3. The molecule has 16 atom stereocenters. The van der Waals surface area contributed by atoms with E-state index in [0.29, 0.717) is 36.4 Å². The predicted octanol–water partition coefficient (Wildman–Crippen LogP) is 3.53. The molecule has 8 heteroatoms. The summed E-state index contributed by atoms with van der Waals surface area (Å²) in [6.45, 7) is 13.3. The maximum absolute atomic E-state index is 12.3. The molecule has 8 nitrogen and oxygen atoms in total. The van der Waals surface area contributed by atoms with Crippen molar-refractivity contribution in [1.82, 2.24) is 0 Å². The van der Waals surface area contributed by atoms with Gasteiger partial charge in [0.25, 0.3) is 0 Å². The summed E-state index contributed by atoms with van der Waals surface area (Å²) in [6, 6.07) is 0. The van der Waals surface area contributed by atoms with E-state index in [0.717, 1.165) is 25.7 Å². The van der Waals surface area contributed by atoms with Crippen LogP contribution in [-0.2, 0) is 38.0 Å². The minimum absolute atomic E-state index is 0.00972. The van der Waals surface area contributed by atoms with Gasteiger partial charge in [-0.15, -0.1) is 0 Å². The van der Waals surface area contributed by atoms with Gasteiger partial charge in [0.15, 0.2) is 0 Å². The Bertz CT molecular complexity index is 981. The summed E-state index contributed by atoms with van der Waals surface area (Å²) in [7, 11) is 0. The van der Waals surface area contributed by atoms with Crippen LogP contribution in [0.2, 0.25) is 0 Å². The molecule has 0 aliphatic carbocycles. The number of cyclic esters (lactones) is 2. The fraction of sp³-hybridized carbons (Fsp3) is 0.933. The molecule has 0 aromatic heterocycles. The number of carbonyl (C=O) groups excluding carboxylic acids is 2. The van der Waals surface area contributed by atoms with Crippen LogP contribution < -0.4 is 0 Å². The Morgan fingerprint density at radius 2 is 1.11 bits per heavy atom. The second-order valence-corrected chi connectivity index (χ2v) is 13.4. The molecular formula is C30H44O8. The first-order chi connectivity index (χ1) is 18.2. The van der Waals surface area contributed by atoms with Crippen LogP contribution in [0.1, 0.15) is 67.2 Å². The van der Waals surface area contributed by atoms with E-state index in [1.54, 1.807) is 0 Å². The van der Waals surface area contributed by atoms with Gasteiger partial charge in [-0.3, -0.25) is 9.59 Å². The molecule has 8 aliphatic heterocycles. The van der Waals surface area contributed by atoms with E-state index in [1.807, 2.05) is 13.8 Å². The average Bonchev–Trinajstić information content (AvgIpc) is 3.71. The van der Waals surface area contributed by atoms with Crippen LogP contribution in [0.4, 0.5) is 0 Å². The van der Waals surface area contributed by atoms with E-state index in [4.69, 9.17) is 28.4 Å². The summed E-state index contributed by atoms with van der Waals surface area (Å²) in [6.07, 6.45) is 5.59. The van der Waals surface area contributed by atoms with Crippen molar-refractivity contribution in [3.63, 3.8) is 0 Å². The largest absolute Gasteiger partial charge is 0.465 e. The highest BCUT2D eigenvalue weighted by atomic mass is 16.6. The van der Waals surface area contributed by atoms with Gasteiger partial charge in [-0.25, -0.2) is 0 Å². The highest BCUT2D eigenvalue weighted by Crippen LogP contribution is 2.63. The Morgan fingerprint density at radius 1 is 0.632 bits per heavy atom. The van der Waals surface area contributed by atoms with E-state index in [1.165, 1.54) is 0 Å². The molecule has 0 radical (unpaired) electrons. The third kappa shape index (κ3) is 3.23. The average molecular weight is 533 g/mol. The summed E-state index contributed by atoms with van der Waals surface area (Å²) in [5.74, 6) is 2.06. The normalized spacial score (nSPS) is 55.7. The first-order valence-corrected chi connectivity index (χ1v) is 15.3. The third-order valence-corrected chi connectivity index (χ3v) is 11.5. The van der Waals surface area contributed by atoms with Crippen molar-refractivity contribution in [2.45, 2.75) is 122 Å². The molecule has 212 valence electrons. The van der Waals surface area contributed by atoms with E-state index in [9.17, 15) is 9.59 Å². The fourth-order valence-electron chi connectivity index (χ4n) is 10.2. The third-order valence-electron chi connectivity index (χ3n) is 11.5. The predicted molar refractivity (Wildman–Crippen MR) is 135 cm³/mol. The van der Waals surface area contributed by atoms with Gasteiger partial charge in [0.2, 0.25) is 0 Å². The molecule has 38 heavy (non-hydrogen) atoms. The lowest BCUT2D eigenvalue weighted by atomic mass is 9.63. The van der Waals surface area contributed by atoms with E-state index < -0.39 is 5.60 Å². The molecule has 16 unspecified atom stereocenters. The number of rotatable bonds is 4. The molecule has 8 aliphatic rings. The van der Waals surface area contributed by atoms with Gasteiger partial charge in [-0.2, -0.15) is 0 Å². The highest BCUT2D eigenvalue weighted by Gasteiger charge is 2.73. The molecular weight excluding hydrogens is 488 g/mol. The van der Waals surface area contributed by atoms with Crippen molar-refractivity contribution in [2.24, 2.45) is 47.3 Å². The van der Waals surface area contributed by atoms with Crippen molar-refractivity contribution in [3.05, 3.63) is 0 Å². The Morgan fingerprint density at radius 3 is 1.66 bits per heavy atom. The van der Waals surface area contributed by atoms with E-state index in [2.05, 4.69) is 27.7 Å². The molecule has 0 amide bonds. The summed E-state index contributed by atoms with van der Waals surface area (Å²) in [5.41, 5.74) is -0.394. The Kier molecular flexibility index (Phi) is 6.02. The molecule has 4 bridgehead atoms. The van der Waals surface area contributed by atoms with Crippen LogP contribution >= 0.6 is 0 Å². The van der Waals surface area contributed by atoms with Crippen molar-refractivity contribution < 1.29 is 38.0 Å². The smallest absolute Gasteiger partial charge is 0.312 e. The lowest BCUT2D eigenvalue weighted by Gasteiger charge is -2.35. The molecule has 0 spiro atoms. The molecule has 0 saturated carbocycles. The van der Waals surface area contributed by atoms with Gasteiger partial charge < -0.3 is 28.4 Å². The Labute approximate surface area is 225 Å². The lowest BCUT2D eigenvalue weighted by Crippen LogP contribution is -2.47. The van der Waals surface area contributed by atoms with Crippen molar-refractivity contribution >= 4 is 11.9 Å². The van der Waals surface area contributed by atoms with Gasteiger partial charge in [0.05, 0.1) is 67.3 Å². The summed E-state index contributed by atoms with van der Waals surface area (Å²) < 4.78 is 35.8. The number of hydrogen-bond donors (Lipinski definition) is 0. The van der Waals surface area contributed by atoms with Crippen LogP contribution in [0.25, 0.3) is 0 Å². The summed E-state index contributed by atoms with van der Waals surface area (Å²) in [4.78, 5) is 24.1. The van der Waals surface area contributed by atoms with Gasteiger partial charge in [0, 0.05) is 35.5 Å². The van der Waals surface area contributed by atoms with E-state index >= 15 is 0 Å². The molecule has 8 rings (SSSR count). The number of esters is 2. The molecule has 0 aromatic rings. The highest BCUT2D eigenvalue weighted by molar-refractivity contribution is 5.78. The summed E-state index contributed by atoms with van der Waals surface area (Å²) >= 11 is 0. The van der Waals surface area contributed by atoms with E-state index in [-0.39, 0.29) is 78.3 Å². The maximum Gasteiger partial charge on any atom is 0.312 e. The Balaban J connectivity index is 0.000000128. The number of carbonyl (C=O) groups is 2. The topological polar surface area (TPSA) is 89.5 Å². The zero-order valence-electron chi connectivity index (χ0n) is 23.5. The van der Waals surface area contributed by atoms with Crippen LogP contribution in [0.5, 0.6) is 0 Å². The quantitative estimate of drug-likeness (QED) is 0.508. The Hall–Kier alpha value is -1.22. The first kappa shape index (κ1) is 25.7. The zero-order chi connectivity index (χ0) is 26.7. The van der Waals surface area contributed by atoms with Crippen LogP contribution in [-0.4, -0.2) is 73.0 Å². The number of hydrogen-bond acceptors (Lipinski definition) is 8. The van der Waals surface area contributed by atoms with Crippen LogP contribution in [0, 0.1) is 47.3 Å². The van der Waals surface area contributed by atoms with Gasteiger partial charge in [-0.05, 0) is 39.5 Å². The monoisotopic (exact) mass is 532 g/mol. The second-order valence-electron chi connectivity index (χ2n) is 13.4. The summed E-state index contributed by atoms with van der Waals surface area (Å²) in [5, 5.41) is 0. The second kappa shape index (κ2) is 8.89. The van der Waals surface area contributed by atoms with Crippen molar-refractivity contribution in [1.29, 1.82) is 0 Å². The fourth-order valence-corrected chi connectivity index (χ4v) is 10.2. The van der Waals surface area contributed by atoms with Crippen LogP contribution in [0.3, 0.4) is 0 Å². The minimum atomic E-state index is -0.394. The van der Waals surface area contributed by atoms with Gasteiger partial charge >= 0.3 is 11.9 Å². The van der Waals surface area contributed by atoms with Gasteiger partial charge in [0.1, 0.15) is 5.60 Å².